The standard InChI is InChI=1S/C14H28N2O.ClH/c1-12(2)13-8-7-11-16(13)14(17)9-5-3-4-6-10-15;/h12-13H,3-11,15H2,1-2H3;1H. The van der Waals surface area contributed by atoms with Gasteiger partial charge < -0.3 is 10.6 Å². The monoisotopic (exact) mass is 276 g/mol. The van der Waals surface area contributed by atoms with E-state index in [0.717, 1.165) is 45.2 Å². The zero-order valence-electron chi connectivity index (χ0n) is 11.9. The molecule has 2 N–H and O–H groups in total. The van der Waals surface area contributed by atoms with Crippen LogP contribution < -0.4 is 5.73 Å². The second-order valence-corrected chi connectivity index (χ2v) is 5.49. The molecule has 1 aliphatic rings. The normalized spacial score (nSPS) is 19.1. The van der Waals surface area contributed by atoms with Gasteiger partial charge in [-0.05, 0) is 38.1 Å². The van der Waals surface area contributed by atoms with Crippen LogP contribution in [0.2, 0.25) is 0 Å². The predicted molar refractivity (Wildman–Crippen MR) is 79.0 cm³/mol. The van der Waals surface area contributed by atoms with Crippen molar-refractivity contribution in [2.45, 2.75) is 64.8 Å². The molecule has 0 aromatic carbocycles. The van der Waals surface area contributed by atoms with E-state index in [9.17, 15) is 4.79 Å². The number of nitrogens with two attached hydrogens (primary N) is 1. The van der Waals surface area contributed by atoms with Gasteiger partial charge in [-0.2, -0.15) is 0 Å². The number of halogens is 1. The van der Waals surface area contributed by atoms with Gasteiger partial charge in [-0.1, -0.05) is 26.7 Å². The van der Waals surface area contributed by atoms with E-state index in [1.54, 1.807) is 0 Å². The van der Waals surface area contributed by atoms with E-state index in [0.29, 0.717) is 17.9 Å². The summed E-state index contributed by atoms with van der Waals surface area (Å²) in [6, 6.07) is 0.492. The minimum Gasteiger partial charge on any atom is -0.339 e. The SMILES string of the molecule is CC(C)C1CCCN1C(=O)CCCCCCN.Cl. The van der Waals surface area contributed by atoms with Crippen LogP contribution in [0.25, 0.3) is 0 Å². The van der Waals surface area contributed by atoms with Gasteiger partial charge in [0.1, 0.15) is 0 Å². The van der Waals surface area contributed by atoms with E-state index in [2.05, 4.69) is 18.7 Å². The average Bonchev–Trinajstić information content (AvgIpc) is 2.77. The molecule has 1 rings (SSSR count). The smallest absolute Gasteiger partial charge is 0.222 e. The third-order valence-electron chi connectivity index (χ3n) is 3.73. The zero-order valence-corrected chi connectivity index (χ0v) is 12.7. The molecular weight excluding hydrogens is 248 g/mol. The number of likely N-dealkylation sites (tertiary alicyclic amines) is 1. The second-order valence-electron chi connectivity index (χ2n) is 5.49. The summed E-state index contributed by atoms with van der Waals surface area (Å²) in [5.41, 5.74) is 5.45. The highest BCUT2D eigenvalue weighted by atomic mass is 35.5. The fourth-order valence-electron chi connectivity index (χ4n) is 2.71. The van der Waals surface area contributed by atoms with Gasteiger partial charge in [-0.15, -0.1) is 12.4 Å². The van der Waals surface area contributed by atoms with Crippen LogP contribution in [-0.4, -0.2) is 29.9 Å². The van der Waals surface area contributed by atoms with Crippen molar-refractivity contribution < 1.29 is 4.79 Å². The number of rotatable bonds is 7. The van der Waals surface area contributed by atoms with Crippen LogP contribution in [0, 0.1) is 5.92 Å². The zero-order chi connectivity index (χ0) is 12.7. The van der Waals surface area contributed by atoms with Gasteiger partial charge in [0.15, 0.2) is 0 Å². The number of hydrogen-bond acceptors (Lipinski definition) is 2. The first kappa shape index (κ1) is 17.7. The molecule has 1 amide bonds. The van der Waals surface area contributed by atoms with Crippen molar-refractivity contribution in [3.8, 4) is 0 Å². The molecule has 0 spiro atoms. The molecule has 0 saturated carbocycles. The Morgan fingerprint density at radius 2 is 1.94 bits per heavy atom. The third-order valence-corrected chi connectivity index (χ3v) is 3.73. The number of nitrogens with zero attached hydrogens (tertiary/aromatic N) is 1. The molecule has 0 aliphatic carbocycles. The summed E-state index contributed by atoms with van der Waals surface area (Å²) in [5, 5.41) is 0. The van der Waals surface area contributed by atoms with Crippen LogP contribution in [0.3, 0.4) is 0 Å². The van der Waals surface area contributed by atoms with Crippen LogP contribution in [-0.2, 0) is 4.79 Å². The summed E-state index contributed by atoms with van der Waals surface area (Å²) >= 11 is 0. The first-order valence-corrected chi connectivity index (χ1v) is 7.16. The summed E-state index contributed by atoms with van der Waals surface area (Å²) in [6.45, 7) is 6.19. The maximum atomic E-state index is 12.1. The number of carbonyl (C=O) groups excluding carboxylic acids is 1. The van der Waals surface area contributed by atoms with Gasteiger partial charge in [0.2, 0.25) is 5.91 Å². The Hall–Kier alpha value is -0.280. The molecule has 3 nitrogen and oxygen atoms in total. The van der Waals surface area contributed by atoms with Crippen molar-refractivity contribution in [1.82, 2.24) is 4.90 Å². The molecule has 1 unspecified atom stereocenters. The Labute approximate surface area is 118 Å². The molecule has 18 heavy (non-hydrogen) atoms. The predicted octanol–water partition coefficient (Wildman–Crippen LogP) is 2.96. The van der Waals surface area contributed by atoms with E-state index < -0.39 is 0 Å². The van der Waals surface area contributed by atoms with Crippen molar-refractivity contribution in [2.75, 3.05) is 13.1 Å². The average molecular weight is 277 g/mol. The van der Waals surface area contributed by atoms with Crippen LogP contribution in [0.15, 0.2) is 0 Å². The van der Waals surface area contributed by atoms with Gasteiger partial charge in [0.05, 0.1) is 0 Å². The van der Waals surface area contributed by atoms with Crippen LogP contribution in [0.4, 0.5) is 0 Å². The molecule has 108 valence electrons. The van der Waals surface area contributed by atoms with E-state index in [4.69, 9.17) is 5.73 Å². The highest BCUT2D eigenvalue weighted by Crippen LogP contribution is 2.24. The van der Waals surface area contributed by atoms with Crippen LogP contribution >= 0.6 is 12.4 Å². The molecule has 1 fully saturated rings. The van der Waals surface area contributed by atoms with E-state index in [1.165, 1.54) is 12.8 Å². The van der Waals surface area contributed by atoms with Crippen molar-refractivity contribution in [1.29, 1.82) is 0 Å². The summed E-state index contributed by atoms with van der Waals surface area (Å²) in [5.74, 6) is 0.965. The van der Waals surface area contributed by atoms with Crippen LogP contribution in [0.5, 0.6) is 0 Å². The van der Waals surface area contributed by atoms with Crippen molar-refractivity contribution in [3.63, 3.8) is 0 Å². The van der Waals surface area contributed by atoms with Gasteiger partial charge >= 0.3 is 0 Å². The molecule has 0 aromatic rings. The third kappa shape index (κ3) is 5.57. The van der Waals surface area contributed by atoms with Crippen molar-refractivity contribution >= 4 is 18.3 Å². The fourth-order valence-corrected chi connectivity index (χ4v) is 2.71. The topological polar surface area (TPSA) is 46.3 Å². The maximum Gasteiger partial charge on any atom is 0.222 e. The molecular formula is C14H29ClN2O. The molecule has 0 bridgehead atoms. The molecule has 0 aromatic heterocycles. The highest BCUT2D eigenvalue weighted by Gasteiger charge is 2.29. The molecule has 1 saturated heterocycles. The Kier molecular flexibility index (Phi) is 9.47. The Morgan fingerprint density at radius 3 is 2.56 bits per heavy atom. The maximum absolute atomic E-state index is 12.1. The van der Waals surface area contributed by atoms with Gasteiger partial charge in [-0.3, -0.25) is 4.79 Å². The summed E-state index contributed by atoms with van der Waals surface area (Å²) in [4.78, 5) is 14.2. The van der Waals surface area contributed by atoms with Crippen molar-refractivity contribution in [3.05, 3.63) is 0 Å². The number of amides is 1. The summed E-state index contributed by atoms with van der Waals surface area (Å²) in [7, 11) is 0. The first-order valence-electron chi connectivity index (χ1n) is 7.16. The Bertz CT molecular complexity index is 234. The highest BCUT2D eigenvalue weighted by molar-refractivity contribution is 5.85. The lowest BCUT2D eigenvalue weighted by atomic mass is 10.0. The van der Waals surface area contributed by atoms with E-state index >= 15 is 0 Å². The minimum atomic E-state index is 0. The largest absolute Gasteiger partial charge is 0.339 e. The molecule has 1 heterocycles. The van der Waals surface area contributed by atoms with Gasteiger partial charge in [0.25, 0.3) is 0 Å². The first-order chi connectivity index (χ1) is 8.16. The lowest BCUT2D eigenvalue weighted by Gasteiger charge is -2.27. The number of hydrogen-bond donors (Lipinski definition) is 1. The molecule has 1 atom stereocenters. The van der Waals surface area contributed by atoms with E-state index in [1.807, 2.05) is 0 Å². The Balaban J connectivity index is 0.00000289. The fraction of sp³-hybridized carbons (Fsp3) is 0.929. The van der Waals surface area contributed by atoms with Gasteiger partial charge in [-0.25, -0.2) is 0 Å². The molecule has 4 heteroatoms. The lowest BCUT2D eigenvalue weighted by Crippen LogP contribution is -2.38. The Morgan fingerprint density at radius 1 is 1.28 bits per heavy atom. The number of carbonyl (C=O) groups is 1. The van der Waals surface area contributed by atoms with E-state index in [-0.39, 0.29) is 12.4 Å². The lowest BCUT2D eigenvalue weighted by molar-refractivity contribution is -0.132. The number of unbranched alkanes of at least 4 members (excludes halogenated alkanes) is 3. The van der Waals surface area contributed by atoms with Crippen molar-refractivity contribution in [2.24, 2.45) is 11.7 Å². The summed E-state index contributed by atoms with van der Waals surface area (Å²) < 4.78 is 0. The minimum absolute atomic E-state index is 0. The quantitative estimate of drug-likeness (QED) is 0.727. The van der Waals surface area contributed by atoms with Crippen LogP contribution in [0.1, 0.15) is 58.8 Å². The second kappa shape index (κ2) is 9.62. The molecule has 1 aliphatic heterocycles. The summed E-state index contributed by atoms with van der Waals surface area (Å²) in [6.07, 6.45) is 7.53. The van der Waals surface area contributed by atoms with Gasteiger partial charge in [0, 0.05) is 19.0 Å². The molecule has 0 radical (unpaired) electrons.